The van der Waals surface area contributed by atoms with E-state index in [-0.39, 0.29) is 11.9 Å². The summed E-state index contributed by atoms with van der Waals surface area (Å²) in [6.07, 6.45) is 0. The average molecular weight is 503 g/mol. The number of amides is 1. The van der Waals surface area contributed by atoms with Gasteiger partial charge in [0, 0.05) is 44.5 Å². The summed E-state index contributed by atoms with van der Waals surface area (Å²) in [4.78, 5) is 32.4. The number of thiocarbonyl (C=S) groups is 1. The first-order valence-electron chi connectivity index (χ1n) is 11.6. The minimum atomic E-state index is -0.477. The van der Waals surface area contributed by atoms with Crippen molar-refractivity contribution >= 4 is 51.2 Å². The topological polar surface area (TPSA) is 65.1 Å². The Morgan fingerprint density at radius 3 is 2.38 bits per heavy atom. The summed E-state index contributed by atoms with van der Waals surface area (Å²) < 4.78 is 5.02. The lowest BCUT2D eigenvalue weighted by atomic mass is 10.1. The van der Waals surface area contributed by atoms with Gasteiger partial charge in [0.1, 0.15) is 5.00 Å². The number of methoxy groups -OCH3 is 1. The van der Waals surface area contributed by atoms with Crippen LogP contribution in [0.2, 0.25) is 0 Å². The maximum atomic E-state index is 13.0. The molecule has 2 heterocycles. The fraction of sp³-hybridized carbons (Fsp3) is 0.480. The number of ether oxygens (including phenoxy) is 1. The van der Waals surface area contributed by atoms with Crippen LogP contribution in [0.4, 0.5) is 10.7 Å². The third kappa shape index (κ3) is 5.36. The monoisotopic (exact) mass is 502 g/mol. The van der Waals surface area contributed by atoms with Crippen molar-refractivity contribution < 1.29 is 14.3 Å². The first-order valence-corrected chi connectivity index (χ1v) is 12.8. The third-order valence-electron chi connectivity index (χ3n) is 6.28. The van der Waals surface area contributed by atoms with E-state index in [1.54, 1.807) is 11.8 Å². The highest BCUT2D eigenvalue weighted by atomic mass is 32.1. The van der Waals surface area contributed by atoms with Crippen LogP contribution < -0.4 is 10.2 Å². The lowest BCUT2D eigenvalue weighted by Gasteiger charge is -2.42. The van der Waals surface area contributed by atoms with Gasteiger partial charge in [0.25, 0.3) is 5.91 Å². The molecule has 1 atom stereocenters. The number of aryl methyl sites for hydroxylation is 1. The lowest BCUT2D eigenvalue weighted by Crippen LogP contribution is -2.54. The standard InChI is InChI=1S/C25H34N4O3S2/c1-7-27(8-2)23(30)21-18(5)20(24(31)32-6)22(34-21)26-25(33)28-13-14-29(17(4)15-28)19-11-9-16(3)10-12-19/h9-12,17H,7-8,13-15H2,1-6H3,(H,26,33). The minimum absolute atomic E-state index is 0.0862. The number of nitrogens with one attached hydrogen (secondary N) is 1. The number of nitrogens with zero attached hydrogens (tertiary/aromatic N) is 3. The van der Waals surface area contributed by atoms with Crippen molar-refractivity contribution in [2.45, 2.75) is 40.7 Å². The molecule has 3 rings (SSSR count). The van der Waals surface area contributed by atoms with Gasteiger partial charge in [0.15, 0.2) is 5.11 Å². The number of piperazine rings is 1. The van der Waals surface area contributed by atoms with Crippen LogP contribution in [0.5, 0.6) is 0 Å². The van der Waals surface area contributed by atoms with E-state index < -0.39 is 5.97 Å². The van der Waals surface area contributed by atoms with Gasteiger partial charge >= 0.3 is 5.97 Å². The molecule has 0 saturated carbocycles. The highest BCUT2D eigenvalue weighted by Crippen LogP contribution is 2.35. The summed E-state index contributed by atoms with van der Waals surface area (Å²) in [5, 5.41) is 4.35. The largest absolute Gasteiger partial charge is 0.465 e. The lowest BCUT2D eigenvalue weighted by molar-refractivity contribution is 0.0601. The van der Waals surface area contributed by atoms with E-state index in [2.05, 4.69) is 53.2 Å². The molecule has 0 aliphatic carbocycles. The van der Waals surface area contributed by atoms with E-state index in [1.165, 1.54) is 29.7 Å². The Balaban J connectivity index is 1.78. The molecule has 9 heteroatoms. The van der Waals surface area contributed by atoms with Gasteiger partial charge in [-0.2, -0.15) is 0 Å². The number of rotatable bonds is 6. The van der Waals surface area contributed by atoms with Crippen LogP contribution in [0.15, 0.2) is 24.3 Å². The molecular formula is C25H34N4O3S2. The minimum Gasteiger partial charge on any atom is -0.465 e. The molecule has 0 radical (unpaired) electrons. The summed E-state index contributed by atoms with van der Waals surface area (Å²) in [7, 11) is 1.35. The van der Waals surface area contributed by atoms with E-state index in [4.69, 9.17) is 17.0 Å². The van der Waals surface area contributed by atoms with Crippen LogP contribution in [0, 0.1) is 13.8 Å². The Hall–Kier alpha value is -2.65. The van der Waals surface area contributed by atoms with E-state index in [1.807, 2.05) is 13.8 Å². The maximum Gasteiger partial charge on any atom is 0.341 e. The highest BCUT2D eigenvalue weighted by Gasteiger charge is 2.30. The summed E-state index contributed by atoms with van der Waals surface area (Å²) in [6.45, 7) is 13.5. The molecule has 1 fully saturated rings. The Morgan fingerprint density at radius 2 is 1.82 bits per heavy atom. The predicted molar refractivity (Wildman–Crippen MR) is 143 cm³/mol. The molecule has 1 N–H and O–H groups in total. The van der Waals surface area contributed by atoms with Crippen molar-refractivity contribution in [2.24, 2.45) is 0 Å². The molecule has 1 saturated heterocycles. The summed E-state index contributed by atoms with van der Waals surface area (Å²) in [6, 6.07) is 8.84. The van der Waals surface area contributed by atoms with Gasteiger partial charge in [0.05, 0.1) is 17.6 Å². The molecule has 0 bridgehead atoms. The zero-order chi connectivity index (χ0) is 25.0. The second-order valence-electron chi connectivity index (χ2n) is 8.48. The van der Waals surface area contributed by atoms with Gasteiger partial charge in [-0.25, -0.2) is 4.79 Å². The number of benzene rings is 1. The van der Waals surface area contributed by atoms with Crippen LogP contribution >= 0.6 is 23.6 Å². The second-order valence-corrected chi connectivity index (χ2v) is 9.89. The van der Waals surface area contributed by atoms with Gasteiger partial charge in [-0.05, 0) is 64.5 Å². The Labute approximate surface area is 211 Å². The van der Waals surface area contributed by atoms with E-state index in [0.29, 0.717) is 39.2 Å². The number of esters is 1. The fourth-order valence-electron chi connectivity index (χ4n) is 4.25. The van der Waals surface area contributed by atoms with E-state index in [9.17, 15) is 9.59 Å². The molecule has 0 spiro atoms. The number of thiophene rings is 1. The summed E-state index contributed by atoms with van der Waals surface area (Å²) >= 11 is 7.00. The van der Waals surface area contributed by atoms with Crippen molar-refractivity contribution in [3.63, 3.8) is 0 Å². The predicted octanol–water partition coefficient (Wildman–Crippen LogP) is 4.54. The molecular weight excluding hydrogens is 468 g/mol. The first kappa shape index (κ1) is 26.0. The van der Waals surface area contributed by atoms with Crippen molar-refractivity contribution in [1.82, 2.24) is 9.80 Å². The van der Waals surface area contributed by atoms with Crippen LogP contribution in [-0.4, -0.2) is 72.7 Å². The molecule has 1 aliphatic rings. The molecule has 1 aliphatic heterocycles. The third-order valence-corrected chi connectivity index (χ3v) is 7.84. The van der Waals surface area contributed by atoms with Gasteiger partial charge in [-0.3, -0.25) is 4.79 Å². The molecule has 1 unspecified atom stereocenters. The van der Waals surface area contributed by atoms with Gasteiger partial charge in [-0.1, -0.05) is 17.7 Å². The molecule has 1 aromatic heterocycles. The quantitative estimate of drug-likeness (QED) is 0.460. The number of anilines is 2. The first-order chi connectivity index (χ1) is 16.2. The fourth-order valence-corrected chi connectivity index (χ4v) is 5.74. The number of carbonyl (C=O) groups is 2. The highest BCUT2D eigenvalue weighted by molar-refractivity contribution is 7.80. The van der Waals surface area contributed by atoms with Crippen LogP contribution in [0.25, 0.3) is 0 Å². The molecule has 34 heavy (non-hydrogen) atoms. The van der Waals surface area contributed by atoms with Gasteiger partial charge < -0.3 is 24.8 Å². The van der Waals surface area contributed by atoms with E-state index >= 15 is 0 Å². The van der Waals surface area contributed by atoms with Gasteiger partial charge in [0.2, 0.25) is 0 Å². The molecule has 1 amide bonds. The van der Waals surface area contributed by atoms with E-state index in [0.717, 1.165) is 19.6 Å². The zero-order valence-corrected chi connectivity index (χ0v) is 22.4. The molecule has 1 aromatic carbocycles. The summed E-state index contributed by atoms with van der Waals surface area (Å²) in [5.74, 6) is -0.563. The van der Waals surface area contributed by atoms with Gasteiger partial charge in [-0.15, -0.1) is 11.3 Å². The zero-order valence-electron chi connectivity index (χ0n) is 20.8. The maximum absolute atomic E-state index is 13.0. The normalized spacial score (nSPS) is 15.8. The molecule has 184 valence electrons. The Morgan fingerprint density at radius 1 is 1.18 bits per heavy atom. The average Bonchev–Trinajstić information content (AvgIpc) is 3.15. The summed E-state index contributed by atoms with van der Waals surface area (Å²) in [5.41, 5.74) is 3.44. The molecule has 7 nitrogen and oxygen atoms in total. The number of carbonyl (C=O) groups excluding carboxylic acids is 2. The van der Waals surface area contributed by atoms with Crippen LogP contribution in [0.1, 0.15) is 51.9 Å². The molecule has 2 aromatic rings. The Bertz CT molecular complexity index is 1050. The van der Waals surface area contributed by atoms with Crippen LogP contribution in [-0.2, 0) is 4.74 Å². The van der Waals surface area contributed by atoms with Crippen molar-refractivity contribution in [2.75, 3.05) is 50.1 Å². The van der Waals surface area contributed by atoms with Crippen LogP contribution in [0.3, 0.4) is 0 Å². The number of hydrogen-bond donors (Lipinski definition) is 1. The second kappa shape index (κ2) is 11.2. The smallest absolute Gasteiger partial charge is 0.341 e. The van der Waals surface area contributed by atoms with Crippen molar-refractivity contribution in [1.29, 1.82) is 0 Å². The van der Waals surface area contributed by atoms with Crippen molar-refractivity contribution in [3.8, 4) is 0 Å². The SMILES string of the molecule is CCN(CC)C(=O)c1sc(NC(=S)N2CCN(c3ccc(C)cc3)C(C)C2)c(C(=O)OC)c1C. The number of hydrogen-bond acceptors (Lipinski definition) is 6. The van der Waals surface area contributed by atoms with Crippen molar-refractivity contribution in [3.05, 3.63) is 45.8 Å². The Kier molecular flexibility index (Phi) is 8.54.